The van der Waals surface area contributed by atoms with Crippen molar-refractivity contribution in [2.24, 2.45) is 5.73 Å². The Morgan fingerprint density at radius 1 is 1.53 bits per heavy atom. The topological polar surface area (TPSA) is 76.9 Å². The molecule has 1 heterocycles. The second-order valence-corrected chi connectivity index (χ2v) is 3.48. The molecule has 0 saturated heterocycles. The molecule has 17 heavy (non-hydrogen) atoms. The first-order chi connectivity index (χ1) is 8.22. The fourth-order valence-electron chi connectivity index (χ4n) is 1.57. The number of nitrogens with two attached hydrogens (primary N) is 1. The molecule has 0 bridgehead atoms. The summed E-state index contributed by atoms with van der Waals surface area (Å²) in [6.07, 6.45) is 3.55. The molecule has 0 aliphatic carbocycles. The van der Waals surface area contributed by atoms with Crippen LogP contribution in [0, 0.1) is 5.41 Å². The number of aromatic nitrogens is 2. The van der Waals surface area contributed by atoms with E-state index >= 15 is 0 Å². The van der Waals surface area contributed by atoms with Crippen molar-refractivity contribution in [3.8, 4) is 11.4 Å². The van der Waals surface area contributed by atoms with Gasteiger partial charge in [-0.2, -0.15) is 5.10 Å². The Morgan fingerprint density at radius 2 is 2.35 bits per heavy atom. The van der Waals surface area contributed by atoms with Crippen LogP contribution in [0.4, 0.5) is 0 Å². The van der Waals surface area contributed by atoms with Crippen molar-refractivity contribution < 1.29 is 4.74 Å². The van der Waals surface area contributed by atoms with Crippen molar-refractivity contribution in [1.29, 1.82) is 5.41 Å². The molecular formula is C12H14N4O. The maximum atomic E-state index is 7.48. The maximum absolute atomic E-state index is 7.48. The number of nitrogens with zero attached hydrogens (tertiary/aromatic N) is 2. The van der Waals surface area contributed by atoms with Crippen LogP contribution in [-0.2, 0) is 0 Å². The highest BCUT2D eigenvalue weighted by atomic mass is 16.5. The fraction of sp³-hybridized carbons (Fsp3) is 0.167. The standard InChI is InChI=1S/C12H14N4O/c1-2-17-11-8-9(16-7-3-6-15-16)4-5-10(11)12(13)14/h3-8H,2H2,1H3,(H3,13,14). The summed E-state index contributed by atoms with van der Waals surface area (Å²) in [7, 11) is 0. The lowest BCUT2D eigenvalue weighted by Crippen LogP contribution is -2.13. The third-order valence-electron chi connectivity index (χ3n) is 2.32. The van der Waals surface area contributed by atoms with Gasteiger partial charge in [-0.25, -0.2) is 4.68 Å². The first-order valence-corrected chi connectivity index (χ1v) is 5.33. The zero-order valence-corrected chi connectivity index (χ0v) is 9.55. The Kier molecular flexibility index (Phi) is 3.09. The van der Waals surface area contributed by atoms with Crippen LogP contribution in [0.1, 0.15) is 12.5 Å². The quantitative estimate of drug-likeness (QED) is 0.618. The molecule has 2 aromatic rings. The van der Waals surface area contributed by atoms with Crippen LogP contribution < -0.4 is 10.5 Å². The lowest BCUT2D eigenvalue weighted by Gasteiger charge is -2.11. The van der Waals surface area contributed by atoms with Gasteiger partial charge in [0.25, 0.3) is 0 Å². The van der Waals surface area contributed by atoms with Crippen molar-refractivity contribution in [2.75, 3.05) is 6.61 Å². The van der Waals surface area contributed by atoms with Gasteiger partial charge < -0.3 is 10.5 Å². The van der Waals surface area contributed by atoms with Crippen LogP contribution in [0.5, 0.6) is 5.75 Å². The summed E-state index contributed by atoms with van der Waals surface area (Å²) in [5.41, 5.74) is 6.97. The van der Waals surface area contributed by atoms with Gasteiger partial charge in [-0.05, 0) is 25.1 Å². The molecule has 5 nitrogen and oxygen atoms in total. The zero-order chi connectivity index (χ0) is 12.3. The van der Waals surface area contributed by atoms with E-state index in [1.54, 1.807) is 16.9 Å². The average Bonchev–Trinajstić information content (AvgIpc) is 2.82. The molecule has 1 aromatic carbocycles. The van der Waals surface area contributed by atoms with Gasteiger partial charge in [0.1, 0.15) is 11.6 Å². The lowest BCUT2D eigenvalue weighted by atomic mass is 10.1. The van der Waals surface area contributed by atoms with Gasteiger partial charge in [-0.1, -0.05) is 0 Å². The first kappa shape index (κ1) is 11.2. The Hall–Kier alpha value is -2.30. The third kappa shape index (κ3) is 2.28. The van der Waals surface area contributed by atoms with Gasteiger partial charge in [0.05, 0.1) is 17.9 Å². The molecule has 0 fully saturated rings. The van der Waals surface area contributed by atoms with Crippen LogP contribution in [0.2, 0.25) is 0 Å². The lowest BCUT2D eigenvalue weighted by molar-refractivity contribution is 0.339. The van der Waals surface area contributed by atoms with Crippen molar-refractivity contribution in [2.45, 2.75) is 6.92 Å². The van der Waals surface area contributed by atoms with Crippen molar-refractivity contribution in [3.63, 3.8) is 0 Å². The number of hydrogen-bond donors (Lipinski definition) is 2. The van der Waals surface area contributed by atoms with E-state index in [4.69, 9.17) is 15.9 Å². The smallest absolute Gasteiger partial charge is 0.132 e. The molecule has 0 spiro atoms. The fourth-order valence-corrected chi connectivity index (χ4v) is 1.57. The molecule has 0 amide bonds. The average molecular weight is 230 g/mol. The minimum Gasteiger partial charge on any atom is -0.493 e. The molecule has 3 N–H and O–H groups in total. The first-order valence-electron chi connectivity index (χ1n) is 5.33. The summed E-state index contributed by atoms with van der Waals surface area (Å²) in [5.74, 6) is 0.605. The summed E-state index contributed by atoms with van der Waals surface area (Å²) < 4.78 is 7.20. The molecule has 0 aliphatic heterocycles. The highest BCUT2D eigenvalue weighted by Crippen LogP contribution is 2.22. The number of nitrogens with one attached hydrogen (secondary N) is 1. The number of ether oxygens (including phenoxy) is 1. The van der Waals surface area contributed by atoms with Crippen LogP contribution in [0.3, 0.4) is 0 Å². The molecule has 88 valence electrons. The van der Waals surface area contributed by atoms with Crippen LogP contribution in [0.25, 0.3) is 5.69 Å². The largest absolute Gasteiger partial charge is 0.493 e. The highest BCUT2D eigenvalue weighted by molar-refractivity contribution is 5.97. The zero-order valence-electron chi connectivity index (χ0n) is 9.55. The number of hydrogen-bond acceptors (Lipinski definition) is 3. The number of rotatable bonds is 4. The van der Waals surface area contributed by atoms with Gasteiger partial charge in [-0.15, -0.1) is 0 Å². The van der Waals surface area contributed by atoms with Crippen LogP contribution in [-0.4, -0.2) is 22.2 Å². The predicted molar refractivity (Wildman–Crippen MR) is 65.7 cm³/mol. The molecule has 0 unspecified atom stereocenters. The van der Waals surface area contributed by atoms with E-state index in [1.807, 2.05) is 31.3 Å². The Morgan fingerprint density at radius 3 is 2.94 bits per heavy atom. The summed E-state index contributed by atoms with van der Waals surface area (Å²) in [6, 6.07) is 7.29. The number of nitrogen functional groups attached to an aromatic ring is 1. The molecule has 0 atom stereocenters. The van der Waals surface area contributed by atoms with Crippen LogP contribution >= 0.6 is 0 Å². The van der Waals surface area contributed by atoms with Gasteiger partial charge in [0, 0.05) is 18.5 Å². The van der Waals surface area contributed by atoms with E-state index in [-0.39, 0.29) is 5.84 Å². The van der Waals surface area contributed by atoms with Gasteiger partial charge in [-0.3, -0.25) is 5.41 Å². The molecule has 0 aliphatic rings. The monoisotopic (exact) mass is 230 g/mol. The minimum atomic E-state index is 0.000431. The number of benzene rings is 1. The molecular weight excluding hydrogens is 216 g/mol. The van der Waals surface area contributed by atoms with Crippen LogP contribution in [0.15, 0.2) is 36.7 Å². The SMILES string of the molecule is CCOc1cc(-n2cccn2)ccc1C(=N)N. The predicted octanol–water partition coefficient (Wildman–Crippen LogP) is 1.56. The van der Waals surface area contributed by atoms with E-state index in [0.717, 1.165) is 5.69 Å². The molecule has 2 rings (SSSR count). The van der Waals surface area contributed by atoms with Crippen molar-refractivity contribution >= 4 is 5.84 Å². The normalized spacial score (nSPS) is 10.2. The van der Waals surface area contributed by atoms with E-state index in [9.17, 15) is 0 Å². The Bertz CT molecular complexity index is 519. The summed E-state index contributed by atoms with van der Waals surface area (Å²) in [4.78, 5) is 0. The Labute approximate surface area is 99.3 Å². The summed E-state index contributed by atoms with van der Waals surface area (Å²) in [6.45, 7) is 2.42. The highest BCUT2D eigenvalue weighted by Gasteiger charge is 2.08. The molecule has 0 saturated carbocycles. The van der Waals surface area contributed by atoms with Gasteiger partial charge >= 0.3 is 0 Å². The van der Waals surface area contributed by atoms with Crippen molar-refractivity contribution in [3.05, 3.63) is 42.2 Å². The molecule has 5 heteroatoms. The Balaban J connectivity index is 2.45. The van der Waals surface area contributed by atoms with E-state index in [0.29, 0.717) is 17.9 Å². The summed E-state index contributed by atoms with van der Waals surface area (Å²) >= 11 is 0. The maximum Gasteiger partial charge on any atom is 0.132 e. The molecule has 0 radical (unpaired) electrons. The van der Waals surface area contributed by atoms with Gasteiger partial charge in [0.15, 0.2) is 0 Å². The van der Waals surface area contributed by atoms with Crippen molar-refractivity contribution in [1.82, 2.24) is 9.78 Å². The van der Waals surface area contributed by atoms with E-state index in [1.165, 1.54) is 0 Å². The second-order valence-electron chi connectivity index (χ2n) is 3.48. The summed E-state index contributed by atoms with van der Waals surface area (Å²) in [5, 5.41) is 11.6. The second kappa shape index (κ2) is 4.69. The van der Waals surface area contributed by atoms with E-state index in [2.05, 4.69) is 5.10 Å². The van der Waals surface area contributed by atoms with Gasteiger partial charge in [0.2, 0.25) is 0 Å². The third-order valence-corrected chi connectivity index (χ3v) is 2.32. The molecule has 1 aromatic heterocycles. The van der Waals surface area contributed by atoms with E-state index < -0.39 is 0 Å². The number of amidine groups is 1. The minimum absolute atomic E-state index is 0.000431.